The molecule has 1 heterocycles. The van der Waals surface area contributed by atoms with Crippen molar-refractivity contribution in [2.45, 2.75) is 40.0 Å². The van der Waals surface area contributed by atoms with E-state index in [0.29, 0.717) is 0 Å². The Hall–Kier alpha value is 0.160. The van der Waals surface area contributed by atoms with Crippen LogP contribution < -0.4 is 0 Å². The molecule has 1 fully saturated rings. The monoisotopic (exact) mass is 279 g/mol. The highest BCUT2D eigenvalue weighted by atomic mass is 31.2. The van der Waals surface area contributed by atoms with Crippen molar-refractivity contribution in [1.82, 2.24) is 0 Å². The minimum Gasteiger partial charge on any atom is -0.379 e. The van der Waals surface area contributed by atoms with Crippen molar-refractivity contribution in [3.05, 3.63) is 0 Å². The fourth-order valence-electron chi connectivity index (χ4n) is 1.82. The van der Waals surface area contributed by atoms with E-state index in [0.717, 1.165) is 0 Å². The van der Waals surface area contributed by atoms with Crippen molar-refractivity contribution in [1.29, 1.82) is 0 Å². The molecule has 4 atom stereocenters. The Kier molecular flexibility index (Phi) is 9.50. The molecule has 6 nitrogen and oxygen atoms in total. The van der Waals surface area contributed by atoms with Gasteiger partial charge in [0.1, 0.15) is 6.10 Å². The minimum absolute atomic E-state index is 0. The maximum Gasteiger partial charge on any atom is 0.469 e. The molecule has 1 aliphatic heterocycles. The second-order valence-corrected chi connectivity index (χ2v) is 4.92. The zero-order chi connectivity index (χ0) is 12.3. The van der Waals surface area contributed by atoms with Crippen LogP contribution in [0.15, 0.2) is 0 Å². The predicted molar refractivity (Wildman–Crippen MR) is 71.6 cm³/mol. The molecular weight excluding hydrogens is 257 g/mol. The molecule has 0 aromatic heterocycles. The lowest BCUT2D eigenvalue weighted by atomic mass is 9.49. The standard InChI is InChI=1S/C7H14B2O6P.2CH4/c1-4-6(13-2)5(15-7(4)9-8)3-14-16(10,11)12;;/h4-7H,3H2,1-2H3,(H2,10,11,12);2*1H4/t4?,5-,6-,7-;;/m1../s1. The summed E-state index contributed by atoms with van der Waals surface area (Å²) in [4.78, 5) is 17.2. The Morgan fingerprint density at radius 1 is 1.44 bits per heavy atom. The third kappa shape index (κ3) is 5.43. The minimum atomic E-state index is -4.48. The summed E-state index contributed by atoms with van der Waals surface area (Å²) in [5.74, 6) is 0.0142. The Labute approximate surface area is 111 Å². The van der Waals surface area contributed by atoms with E-state index in [1.165, 1.54) is 14.3 Å². The number of hydrogen-bond donors (Lipinski definition) is 2. The fourth-order valence-corrected chi connectivity index (χ4v) is 2.16. The first-order valence-electron chi connectivity index (χ1n) is 4.82. The van der Waals surface area contributed by atoms with Gasteiger partial charge in [-0.2, -0.15) is 0 Å². The summed E-state index contributed by atoms with van der Waals surface area (Å²) >= 11 is 0. The molecule has 18 heavy (non-hydrogen) atoms. The van der Waals surface area contributed by atoms with E-state index in [2.05, 4.69) is 4.52 Å². The van der Waals surface area contributed by atoms with Gasteiger partial charge < -0.3 is 19.3 Å². The van der Waals surface area contributed by atoms with E-state index in [1.807, 2.05) is 6.92 Å². The van der Waals surface area contributed by atoms with Gasteiger partial charge in [-0.3, -0.25) is 4.52 Å². The highest BCUT2D eigenvalue weighted by Gasteiger charge is 2.41. The number of rotatable bonds is 5. The Bertz CT molecular complexity index is 274. The molecule has 1 aliphatic rings. The maximum atomic E-state index is 10.6. The van der Waals surface area contributed by atoms with E-state index in [-0.39, 0.29) is 39.5 Å². The third-order valence-corrected chi connectivity index (χ3v) is 3.09. The molecule has 1 rings (SSSR count). The largest absolute Gasteiger partial charge is 0.469 e. The summed E-state index contributed by atoms with van der Waals surface area (Å²) in [6.07, 6.45) is -0.825. The summed E-state index contributed by atoms with van der Waals surface area (Å²) in [6.45, 7) is 1.66. The predicted octanol–water partition coefficient (Wildman–Crippen LogP) is 0.532. The van der Waals surface area contributed by atoms with Gasteiger partial charge in [-0.05, 0) is 0 Å². The summed E-state index contributed by atoms with van der Waals surface area (Å²) in [5.41, 5.74) is 0. The number of ether oxygens (including phenoxy) is 2. The quantitative estimate of drug-likeness (QED) is 0.564. The second-order valence-electron chi connectivity index (χ2n) is 3.68. The van der Waals surface area contributed by atoms with Crippen molar-refractivity contribution >= 4 is 22.7 Å². The molecule has 0 aromatic rings. The van der Waals surface area contributed by atoms with Gasteiger partial charge in [0.25, 0.3) is 0 Å². The van der Waals surface area contributed by atoms with E-state index < -0.39 is 13.9 Å². The van der Waals surface area contributed by atoms with E-state index >= 15 is 0 Å². The van der Waals surface area contributed by atoms with Crippen LogP contribution in [0.3, 0.4) is 0 Å². The fraction of sp³-hybridized carbons (Fsp3) is 1.00. The van der Waals surface area contributed by atoms with Crippen LogP contribution in [0.2, 0.25) is 0 Å². The molecule has 9 heteroatoms. The van der Waals surface area contributed by atoms with Gasteiger partial charge in [-0.15, -0.1) is 0 Å². The molecule has 0 spiro atoms. The van der Waals surface area contributed by atoms with Crippen LogP contribution in [0.25, 0.3) is 0 Å². The zero-order valence-corrected chi connectivity index (χ0v) is 10.0. The van der Waals surface area contributed by atoms with Gasteiger partial charge in [0.05, 0.1) is 19.9 Å². The van der Waals surface area contributed by atoms with Gasteiger partial charge in [0, 0.05) is 26.8 Å². The highest BCUT2D eigenvalue weighted by Crippen LogP contribution is 2.38. The topological polar surface area (TPSA) is 85.2 Å². The molecule has 2 N–H and O–H groups in total. The van der Waals surface area contributed by atoms with Gasteiger partial charge in [-0.1, -0.05) is 21.8 Å². The SMILES string of the molecule is C.C.[B][B][C@@H]1O[C@H](COP(=O)(O)O)[C@H](OC)C1C. The molecule has 105 valence electrons. The Morgan fingerprint density at radius 2 is 2.00 bits per heavy atom. The molecule has 0 saturated carbocycles. The normalized spacial score (nSPS) is 31.3. The molecule has 0 bridgehead atoms. The van der Waals surface area contributed by atoms with Crippen LogP contribution in [-0.4, -0.2) is 56.6 Å². The van der Waals surface area contributed by atoms with Crippen molar-refractivity contribution < 1.29 is 28.3 Å². The summed E-state index contributed by atoms with van der Waals surface area (Å²) in [5, 5.41) is 0. The average Bonchev–Trinajstić information content (AvgIpc) is 2.50. The maximum absolute atomic E-state index is 10.6. The first kappa shape index (κ1) is 20.5. The lowest BCUT2D eigenvalue weighted by molar-refractivity contribution is -0.0226. The van der Waals surface area contributed by atoms with E-state index in [1.54, 1.807) is 0 Å². The lowest BCUT2D eigenvalue weighted by Gasteiger charge is -2.19. The molecular formula is C9H22B2O6P. The van der Waals surface area contributed by atoms with Crippen LogP contribution >= 0.6 is 7.82 Å². The smallest absolute Gasteiger partial charge is 0.379 e. The van der Waals surface area contributed by atoms with Crippen LogP contribution in [0.4, 0.5) is 0 Å². The number of methoxy groups -OCH3 is 1. The average molecular weight is 279 g/mol. The van der Waals surface area contributed by atoms with Crippen molar-refractivity contribution in [3.8, 4) is 0 Å². The van der Waals surface area contributed by atoms with Gasteiger partial charge in [-0.25, -0.2) is 4.57 Å². The Balaban J connectivity index is 0. The van der Waals surface area contributed by atoms with Crippen LogP contribution in [-0.2, 0) is 18.6 Å². The van der Waals surface area contributed by atoms with Crippen molar-refractivity contribution in [3.63, 3.8) is 0 Å². The molecule has 0 aromatic carbocycles. The van der Waals surface area contributed by atoms with E-state index in [9.17, 15) is 4.57 Å². The van der Waals surface area contributed by atoms with Crippen molar-refractivity contribution in [2.24, 2.45) is 5.92 Å². The van der Waals surface area contributed by atoms with Gasteiger partial charge >= 0.3 is 7.82 Å². The first-order chi connectivity index (χ1) is 7.39. The molecule has 0 aliphatic carbocycles. The molecule has 3 radical (unpaired) electrons. The molecule has 0 amide bonds. The van der Waals surface area contributed by atoms with Crippen LogP contribution in [0.5, 0.6) is 0 Å². The van der Waals surface area contributed by atoms with Gasteiger partial charge in [0.2, 0.25) is 0 Å². The summed E-state index contributed by atoms with van der Waals surface area (Å²) < 4.78 is 25.6. The Morgan fingerprint density at radius 3 is 2.39 bits per heavy atom. The van der Waals surface area contributed by atoms with E-state index in [4.69, 9.17) is 27.0 Å². The number of phosphoric ester groups is 1. The van der Waals surface area contributed by atoms with Gasteiger partial charge in [0.15, 0.2) is 0 Å². The molecule has 1 unspecified atom stereocenters. The third-order valence-electron chi connectivity index (χ3n) is 2.60. The number of hydrogen-bond acceptors (Lipinski definition) is 4. The zero-order valence-electron chi connectivity index (χ0n) is 9.15. The second kappa shape index (κ2) is 8.35. The van der Waals surface area contributed by atoms with Crippen LogP contribution in [0.1, 0.15) is 21.8 Å². The summed E-state index contributed by atoms with van der Waals surface area (Å²) in [6, 6.07) is -0.296. The lowest BCUT2D eigenvalue weighted by Crippen LogP contribution is -2.31. The molecule has 1 saturated heterocycles. The number of phosphoric acid groups is 1. The summed E-state index contributed by atoms with van der Waals surface area (Å²) in [7, 11) is 3.81. The first-order valence-corrected chi connectivity index (χ1v) is 6.35. The highest BCUT2D eigenvalue weighted by molar-refractivity contribution is 7.46. The van der Waals surface area contributed by atoms with Crippen molar-refractivity contribution in [2.75, 3.05) is 13.7 Å². The van der Waals surface area contributed by atoms with Crippen LogP contribution in [0, 0.1) is 5.92 Å².